The van der Waals surface area contributed by atoms with Crippen LogP contribution < -0.4 is 5.32 Å². The molecule has 0 spiro atoms. The summed E-state index contributed by atoms with van der Waals surface area (Å²) in [4.78, 5) is 12.6. The Bertz CT molecular complexity index is 525. The van der Waals surface area contributed by atoms with E-state index in [1.807, 2.05) is 11.8 Å². The number of benzene rings is 1. The number of carboxylic acids is 1. The van der Waals surface area contributed by atoms with Gasteiger partial charge in [0, 0.05) is 18.6 Å². The first-order valence-corrected chi connectivity index (χ1v) is 7.23. The third kappa shape index (κ3) is 3.98. The van der Waals surface area contributed by atoms with Crippen LogP contribution in [0.2, 0.25) is 0 Å². The molecule has 0 atom stereocenters. The van der Waals surface area contributed by atoms with Gasteiger partial charge >= 0.3 is 5.97 Å². The Labute approximate surface area is 126 Å². The van der Waals surface area contributed by atoms with Crippen LogP contribution in [0.5, 0.6) is 0 Å². The molecule has 0 saturated heterocycles. The van der Waals surface area contributed by atoms with E-state index in [1.54, 1.807) is 0 Å². The van der Waals surface area contributed by atoms with E-state index >= 15 is 0 Å². The minimum absolute atomic E-state index is 0.0161. The van der Waals surface area contributed by atoms with Crippen molar-refractivity contribution in [2.75, 3.05) is 13.1 Å². The van der Waals surface area contributed by atoms with Crippen molar-refractivity contribution in [2.24, 2.45) is 0 Å². The Morgan fingerprint density at radius 1 is 1.32 bits per heavy atom. The number of carboxylic acid groups (broad SMARTS) is 1. The first-order chi connectivity index (χ1) is 10.4. The SMILES string of the molecule is CCN(CC(=O)O)C1CC(NCc2cc(F)c(F)c(F)c2)C1. The van der Waals surface area contributed by atoms with Crippen molar-refractivity contribution in [1.82, 2.24) is 10.2 Å². The van der Waals surface area contributed by atoms with Crippen LogP contribution in [0.25, 0.3) is 0 Å². The average Bonchev–Trinajstić information content (AvgIpc) is 2.41. The van der Waals surface area contributed by atoms with E-state index < -0.39 is 23.4 Å². The summed E-state index contributed by atoms with van der Waals surface area (Å²) in [7, 11) is 0. The summed E-state index contributed by atoms with van der Waals surface area (Å²) in [6.45, 7) is 2.84. The maximum absolute atomic E-state index is 13.1. The van der Waals surface area contributed by atoms with Gasteiger partial charge in [-0.05, 0) is 37.1 Å². The molecule has 7 heteroatoms. The number of nitrogens with zero attached hydrogens (tertiary/aromatic N) is 1. The molecule has 1 fully saturated rings. The number of halogens is 3. The lowest BCUT2D eigenvalue weighted by molar-refractivity contribution is -0.139. The highest BCUT2D eigenvalue weighted by Gasteiger charge is 2.33. The highest BCUT2D eigenvalue weighted by molar-refractivity contribution is 5.69. The Kier molecular flexibility index (Phi) is 5.42. The summed E-state index contributed by atoms with van der Waals surface area (Å²) in [5.41, 5.74) is 0.345. The number of rotatable bonds is 7. The van der Waals surface area contributed by atoms with Crippen molar-refractivity contribution in [3.63, 3.8) is 0 Å². The molecule has 1 aromatic rings. The quantitative estimate of drug-likeness (QED) is 0.757. The van der Waals surface area contributed by atoms with Crippen LogP contribution >= 0.6 is 0 Å². The first kappa shape index (κ1) is 16.8. The van der Waals surface area contributed by atoms with Crippen molar-refractivity contribution in [2.45, 2.75) is 38.4 Å². The molecule has 0 aromatic heterocycles. The average molecular weight is 316 g/mol. The molecule has 2 rings (SSSR count). The summed E-state index contributed by atoms with van der Waals surface area (Å²) in [6.07, 6.45) is 1.57. The van der Waals surface area contributed by atoms with Gasteiger partial charge in [-0.25, -0.2) is 13.2 Å². The van der Waals surface area contributed by atoms with Crippen molar-refractivity contribution in [1.29, 1.82) is 0 Å². The fourth-order valence-corrected chi connectivity index (χ4v) is 2.70. The van der Waals surface area contributed by atoms with Gasteiger partial charge in [-0.15, -0.1) is 0 Å². The van der Waals surface area contributed by atoms with Crippen molar-refractivity contribution < 1.29 is 23.1 Å². The minimum atomic E-state index is -1.46. The zero-order chi connectivity index (χ0) is 16.3. The van der Waals surface area contributed by atoms with Gasteiger partial charge in [0.2, 0.25) is 0 Å². The largest absolute Gasteiger partial charge is 0.480 e. The molecule has 4 nitrogen and oxygen atoms in total. The van der Waals surface area contributed by atoms with Gasteiger partial charge in [-0.1, -0.05) is 6.92 Å². The molecular formula is C15H19F3N2O2. The lowest BCUT2D eigenvalue weighted by Crippen LogP contribution is -2.53. The third-order valence-electron chi connectivity index (χ3n) is 4.01. The standard InChI is InChI=1S/C15H19F3N2O2/c1-2-20(8-14(21)22)11-5-10(6-11)19-7-9-3-12(16)15(18)13(17)4-9/h3-4,10-11,19H,2,5-8H2,1H3,(H,21,22). The monoisotopic (exact) mass is 316 g/mol. The van der Waals surface area contributed by atoms with Gasteiger partial charge in [0.05, 0.1) is 6.54 Å². The summed E-state index contributed by atoms with van der Waals surface area (Å²) >= 11 is 0. The molecular weight excluding hydrogens is 297 g/mol. The van der Waals surface area contributed by atoms with E-state index in [0.717, 1.165) is 25.0 Å². The Morgan fingerprint density at radius 3 is 2.41 bits per heavy atom. The van der Waals surface area contributed by atoms with E-state index in [1.165, 1.54) is 0 Å². The van der Waals surface area contributed by atoms with E-state index in [0.29, 0.717) is 12.1 Å². The van der Waals surface area contributed by atoms with Crippen LogP contribution in [0.1, 0.15) is 25.3 Å². The van der Waals surface area contributed by atoms with Gasteiger partial charge in [0.1, 0.15) is 0 Å². The Morgan fingerprint density at radius 2 is 1.91 bits per heavy atom. The van der Waals surface area contributed by atoms with Gasteiger partial charge in [0.15, 0.2) is 17.5 Å². The van der Waals surface area contributed by atoms with Crippen LogP contribution in [-0.2, 0) is 11.3 Å². The third-order valence-corrected chi connectivity index (χ3v) is 4.01. The molecule has 0 unspecified atom stereocenters. The zero-order valence-corrected chi connectivity index (χ0v) is 12.3. The molecule has 0 heterocycles. The molecule has 0 amide bonds. The molecule has 2 N–H and O–H groups in total. The summed E-state index contributed by atoms with van der Waals surface area (Å²) in [5, 5.41) is 12.0. The molecule has 0 radical (unpaired) electrons. The predicted octanol–water partition coefficient (Wildman–Crippen LogP) is 2.13. The summed E-state index contributed by atoms with van der Waals surface area (Å²) in [5.74, 6) is -4.70. The van der Waals surface area contributed by atoms with Crippen LogP contribution in [0.15, 0.2) is 12.1 Å². The van der Waals surface area contributed by atoms with E-state index in [2.05, 4.69) is 5.32 Å². The van der Waals surface area contributed by atoms with Crippen molar-refractivity contribution >= 4 is 5.97 Å². The van der Waals surface area contributed by atoms with Crippen LogP contribution in [0.4, 0.5) is 13.2 Å². The maximum atomic E-state index is 13.1. The highest BCUT2D eigenvalue weighted by atomic mass is 19.2. The lowest BCUT2D eigenvalue weighted by Gasteiger charge is -2.42. The number of carbonyl (C=O) groups is 1. The fraction of sp³-hybridized carbons (Fsp3) is 0.533. The minimum Gasteiger partial charge on any atom is -0.480 e. The van der Waals surface area contributed by atoms with Crippen LogP contribution in [-0.4, -0.2) is 41.1 Å². The number of nitrogens with one attached hydrogen (secondary N) is 1. The molecule has 1 aliphatic carbocycles. The molecule has 1 aromatic carbocycles. The molecule has 1 saturated carbocycles. The van der Waals surface area contributed by atoms with E-state index in [4.69, 9.17) is 5.11 Å². The van der Waals surface area contributed by atoms with Crippen LogP contribution in [0.3, 0.4) is 0 Å². The second-order valence-corrected chi connectivity index (χ2v) is 5.53. The number of hydrogen-bond acceptors (Lipinski definition) is 3. The van der Waals surface area contributed by atoms with Gasteiger partial charge < -0.3 is 10.4 Å². The van der Waals surface area contributed by atoms with Crippen molar-refractivity contribution in [3.8, 4) is 0 Å². The molecule has 22 heavy (non-hydrogen) atoms. The predicted molar refractivity (Wildman–Crippen MR) is 74.8 cm³/mol. The molecule has 0 aliphatic heterocycles. The molecule has 1 aliphatic rings. The second kappa shape index (κ2) is 7.11. The summed E-state index contributed by atoms with van der Waals surface area (Å²) < 4.78 is 39.0. The van der Waals surface area contributed by atoms with Crippen molar-refractivity contribution in [3.05, 3.63) is 35.1 Å². The van der Waals surface area contributed by atoms with Gasteiger partial charge in [-0.3, -0.25) is 9.69 Å². The number of aliphatic carboxylic acids is 1. The Balaban J connectivity index is 1.80. The molecule has 122 valence electrons. The maximum Gasteiger partial charge on any atom is 0.317 e. The topological polar surface area (TPSA) is 52.6 Å². The highest BCUT2D eigenvalue weighted by Crippen LogP contribution is 2.26. The van der Waals surface area contributed by atoms with E-state index in [-0.39, 0.29) is 25.2 Å². The summed E-state index contributed by atoms with van der Waals surface area (Å²) in [6, 6.07) is 2.33. The fourth-order valence-electron chi connectivity index (χ4n) is 2.70. The van der Waals surface area contributed by atoms with E-state index in [9.17, 15) is 18.0 Å². The zero-order valence-electron chi connectivity index (χ0n) is 12.3. The normalized spacial score (nSPS) is 21.0. The second-order valence-electron chi connectivity index (χ2n) is 5.53. The molecule has 0 bridgehead atoms. The Hall–Kier alpha value is -1.60. The first-order valence-electron chi connectivity index (χ1n) is 7.23. The lowest BCUT2D eigenvalue weighted by atomic mass is 9.85. The van der Waals surface area contributed by atoms with Crippen LogP contribution in [0, 0.1) is 17.5 Å². The van der Waals surface area contributed by atoms with Gasteiger partial charge in [0.25, 0.3) is 0 Å². The number of hydrogen-bond donors (Lipinski definition) is 2. The van der Waals surface area contributed by atoms with Gasteiger partial charge in [-0.2, -0.15) is 0 Å². The smallest absolute Gasteiger partial charge is 0.317 e. The number of likely N-dealkylation sites (N-methyl/N-ethyl adjacent to an activating group) is 1.